The van der Waals surface area contributed by atoms with Crippen molar-refractivity contribution in [2.45, 2.75) is 57.7 Å². The highest BCUT2D eigenvalue weighted by Crippen LogP contribution is 2.38. The van der Waals surface area contributed by atoms with Gasteiger partial charge in [-0.25, -0.2) is 13.8 Å². The first-order valence-corrected chi connectivity index (χ1v) is 13.2. The minimum atomic E-state index is -4.57. The van der Waals surface area contributed by atoms with Crippen LogP contribution in [0.5, 0.6) is 0 Å². The van der Waals surface area contributed by atoms with Gasteiger partial charge in [0.1, 0.15) is 23.9 Å². The number of piperidine rings is 1. The van der Waals surface area contributed by atoms with Crippen molar-refractivity contribution >= 4 is 23.0 Å². The lowest BCUT2D eigenvalue weighted by molar-refractivity contribution is -0.142. The van der Waals surface area contributed by atoms with Gasteiger partial charge in [0.05, 0.1) is 5.01 Å². The van der Waals surface area contributed by atoms with E-state index in [0.717, 1.165) is 20.6 Å². The SMILES string of the molecule is Cc1cc(C(F)(F)F)nn1CC(=O)N1CCC(c2nc3c(s2)CCC(Cc2c(F)cccc2F)C3=O)CC1. The number of likely N-dealkylation sites (tertiary alicyclic amines) is 1. The summed E-state index contributed by atoms with van der Waals surface area (Å²) in [5, 5.41) is 4.34. The van der Waals surface area contributed by atoms with E-state index >= 15 is 0 Å². The first-order chi connectivity index (χ1) is 18.0. The van der Waals surface area contributed by atoms with Gasteiger partial charge in [-0.1, -0.05) is 6.07 Å². The molecule has 1 aromatic carbocycles. The molecule has 0 saturated carbocycles. The fourth-order valence-electron chi connectivity index (χ4n) is 5.12. The summed E-state index contributed by atoms with van der Waals surface area (Å²) in [6, 6.07) is 4.58. The van der Waals surface area contributed by atoms with Crippen LogP contribution in [0.25, 0.3) is 0 Å². The Morgan fingerprint density at radius 1 is 1.13 bits per heavy atom. The second-order valence-electron chi connectivity index (χ2n) is 9.81. The van der Waals surface area contributed by atoms with Gasteiger partial charge in [0.25, 0.3) is 0 Å². The molecule has 2 aromatic heterocycles. The van der Waals surface area contributed by atoms with Gasteiger partial charge in [0, 0.05) is 41.1 Å². The van der Waals surface area contributed by atoms with Gasteiger partial charge >= 0.3 is 6.18 Å². The summed E-state index contributed by atoms with van der Waals surface area (Å²) < 4.78 is 68.0. The smallest absolute Gasteiger partial charge is 0.341 e. The van der Waals surface area contributed by atoms with Crippen LogP contribution >= 0.6 is 11.3 Å². The molecule has 0 spiro atoms. The van der Waals surface area contributed by atoms with Crippen molar-refractivity contribution in [3.8, 4) is 0 Å². The van der Waals surface area contributed by atoms with Crippen LogP contribution in [0.2, 0.25) is 0 Å². The number of hydrogen-bond acceptors (Lipinski definition) is 5. The Morgan fingerprint density at radius 2 is 1.82 bits per heavy atom. The van der Waals surface area contributed by atoms with E-state index in [2.05, 4.69) is 10.1 Å². The molecule has 202 valence electrons. The first kappa shape index (κ1) is 26.5. The Hall–Kier alpha value is -3.15. The Kier molecular flexibility index (Phi) is 7.10. The van der Waals surface area contributed by atoms with Crippen LogP contribution < -0.4 is 0 Å². The van der Waals surface area contributed by atoms with Gasteiger partial charge in [-0.2, -0.15) is 18.3 Å². The maximum Gasteiger partial charge on any atom is 0.435 e. The Labute approximate surface area is 219 Å². The number of fused-ring (bicyclic) bond motifs is 1. The van der Waals surface area contributed by atoms with Gasteiger partial charge < -0.3 is 4.90 Å². The number of amides is 1. The summed E-state index contributed by atoms with van der Waals surface area (Å²) in [5.74, 6) is -2.31. The number of ketones is 1. The summed E-state index contributed by atoms with van der Waals surface area (Å²) in [6.45, 7) is 2.05. The molecule has 38 heavy (non-hydrogen) atoms. The lowest BCUT2D eigenvalue weighted by atomic mass is 9.84. The van der Waals surface area contributed by atoms with Crippen LogP contribution in [0.1, 0.15) is 62.5 Å². The number of rotatable bonds is 5. The third-order valence-corrected chi connectivity index (χ3v) is 8.58. The Balaban J connectivity index is 1.20. The average molecular weight is 553 g/mol. The molecule has 1 saturated heterocycles. The molecule has 6 nitrogen and oxygen atoms in total. The van der Waals surface area contributed by atoms with Crippen molar-refractivity contribution in [1.29, 1.82) is 0 Å². The topological polar surface area (TPSA) is 68.1 Å². The van der Waals surface area contributed by atoms with Crippen LogP contribution in [0.3, 0.4) is 0 Å². The largest absolute Gasteiger partial charge is 0.435 e. The second kappa shape index (κ2) is 10.2. The Morgan fingerprint density at radius 3 is 2.45 bits per heavy atom. The number of aryl methyl sites for hydroxylation is 2. The quantitative estimate of drug-likeness (QED) is 0.401. The number of carbonyl (C=O) groups is 2. The molecule has 1 amide bonds. The minimum Gasteiger partial charge on any atom is -0.341 e. The number of aromatic nitrogens is 3. The van der Waals surface area contributed by atoms with Crippen molar-refractivity contribution in [1.82, 2.24) is 19.7 Å². The third kappa shape index (κ3) is 5.23. The molecule has 3 aromatic rings. The number of benzene rings is 1. The predicted molar refractivity (Wildman–Crippen MR) is 129 cm³/mol. The summed E-state index contributed by atoms with van der Waals surface area (Å²) in [5.41, 5.74) is -0.465. The minimum absolute atomic E-state index is 0.00959. The second-order valence-corrected chi connectivity index (χ2v) is 10.9. The highest BCUT2D eigenvalue weighted by atomic mass is 32.1. The number of alkyl halides is 3. The van der Waals surface area contributed by atoms with Crippen molar-refractivity contribution in [3.63, 3.8) is 0 Å². The third-order valence-electron chi connectivity index (χ3n) is 7.30. The Bertz CT molecular complexity index is 1350. The van der Waals surface area contributed by atoms with E-state index in [-0.39, 0.29) is 41.8 Å². The van der Waals surface area contributed by atoms with Gasteiger partial charge in [-0.15, -0.1) is 11.3 Å². The lowest BCUT2D eigenvalue weighted by Gasteiger charge is -2.31. The summed E-state index contributed by atoms with van der Waals surface area (Å²) in [7, 11) is 0. The van der Waals surface area contributed by atoms with Crippen molar-refractivity contribution < 1.29 is 31.5 Å². The van der Waals surface area contributed by atoms with Gasteiger partial charge in [0.2, 0.25) is 5.91 Å². The number of halogens is 5. The van der Waals surface area contributed by atoms with E-state index in [1.807, 2.05) is 0 Å². The van der Waals surface area contributed by atoms with Crippen LogP contribution in [-0.2, 0) is 30.4 Å². The van der Waals surface area contributed by atoms with E-state index in [1.165, 1.54) is 36.5 Å². The highest BCUT2D eigenvalue weighted by Gasteiger charge is 2.36. The monoisotopic (exact) mass is 552 g/mol. The predicted octanol–water partition coefficient (Wildman–Crippen LogP) is 5.34. The normalized spacial score (nSPS) is 18.6. The summed E-state index contributed by atoms with van der Waals surface area (Å²) in [6.07, 6.45) is -2.24. The van der Waals surface area contributed by atoms with Gasteiger partial charge in [-0.05, 0) is 57.2 Å². The molecule has 3 heterocycles. The van der Waals surface area contributed by atoms with E-state index < -0.39 is 29.4 Å². The number of Topliss-reactive ketones (excluding diaryl/α,β-unsaturated/α-hetero) is 1. The molecule has 1 aliphatic carbocycles. The molecule has 2 aliphatic rings. The van der Waals surface area contributed by atoms with Gasteiger partial charge in [0.15, 0.2) is 11.5 Å². The van der Waals surface area contributed by atoms with Crippen molar-refractivity contribution in [2.75, 3.05) is 13.1 Å². The van der Waals surface area contributed by atoms with Crippen LogP contribution in [0.15, 0.2) is 24.3 Å². The average Bonchev–Trinajstić information content (AvgIpc) is 3.47. The van der Waals surface area contributed by atoms with Crippen LogP contribution in [0, 0.1) is 24.5 Å². The van der Waals surface area contributed by atoms with E-state index in [0.29, 0.717) is 44.5 Å². The fraction of sp³-hybridized carbons (Fsp3) is 0.462. The molecule has 1 fully saturated rings. The van der Waals surface area contributed by atoms with E-state index in [4.69, 9.17) is 0 Å². The molecule has 0 N–H and O–H groups in total. The number of thiazole rings is 1. The molecular weight excluding hydrogens is 527 g/mol. The zero-order valence-corrected chi connectivity index (χ0v) is 21.3. The molecule has 1 unspecified atom stereocenters. The summed E-state index contributed by atoms with van der Waals surface area (Å²) in [4.78, 5) is 33.0. The van der Waals surface area contributed by atoms with Crippen LogP contribution in [0.4, 0.5) is 22.0 Å². The fourth-order valence-corrected chi connectivity index (χ4v) is 6.37. The number of hydrogen-bond donors (Lipinski definition) is 0. The highest BCUT2D eigenvalue weighted by molar-refractivity contribution is 7.12. The molecule has 12 heteroatoms. The zero-order chi connectivity index (χ0) is 27.2. The van der Waals surface area contributed by atoms with Crippen molar-refractivity contribution in [2.24, 2.45) is 5.92 Å². The van der Waals surface area contributed by atoms with Crippen LogP contribution in [-0.4, -0.2) is 44.4 Å². The molecule has 1 atom stereocenters. The molecule has 0 radical (unpaired) electrons. The molecule has 0 bridgehead atoms. The molecule has 1 aliphatic heterocycles. The lowest BCUT2D eigenvalue weighted by Crippen LogP contribution is -2.40. The zero-order valence-electron chi connectivity index (χ0n) is 20.5. The van der Waals surface area contributed by atoms with Crippen molar-refractivity contribution in [3.05, 3.63) is 68.4 Å². The van der Waals surface area contributed by atoms with E-state index in [9.17, 15) is 31.5 Å². The maximum atomic E-state index is 14.1. The maximum absolute atomic E-state index is 14.1. The number of nitrogens with zero attached hydrogens (tertiary/aromatic N) is 4. The van der Waals surface area contributed by atoms with E-state index in [1.54, 1.807) is 4.90 Å². The summed E-state index contributed by atoms with van der Waals surface area (Å²) >= 11 is 1.48. The molecular formula is C26H25F5N4O2S. The number of carbonyl (C=O) groups excluding carboxylic acids is 2. The van der Waals surface area contributed by atoms with Gasteiger partial charge in [-0.3, -0.25) is 14.3 Å². The molecule has 5 rings (SSSR count). The standard InChI is InChI=1S/C26H25F5N4O2S/c1-14-11-21(26(29,30)31)33-35(14)13-22(36)34-9-7-15(8-10-34)25-32-23-20(38-25)6-5-16(24(23)37)12-17-18(27)3-2-4-19(17)28/h2-4,11,15-16H,5-10,12-13H2,1H3. The first-order valence-electron chi connectivity index (χ1n) is 12.4.